The van der Waals surface area contributed by atoms with Gasteiger partial charge in [-0.1, -0.05) is 36.6 Å². The van der Waals surface area contributed by atoms with E-state index in [1.807, 2.05) is 0 Å². The van der Waals surface area contributed by atoms with Crippen molar-refractivity contribution < 1.29 is 23.9 Å². The second-order valence-corrected chi connectivity index (χ2v) is 7.68. The average Bonchev–Trinajstić information content (AvgIpc) is 2.93. The molecule has 8 heteroatoms. The number of carbonyl (C=O) groups is 4. The van der Waals surface area contributed by atoms with Gasteiger partial charge < -0.3 is 10.1 Å². The number of likely N-dealkylation sites (tertiary alicyclic amines) is 1. The number of rotatable bonds is 5. The monoisotopic (exact) mass is 406 g/mol. The van der Waals surface area contributed by atoms with Crippen LogP contribution in [0.5, 0.6) is 0 Å². The Hall–Kier alpha value is -2.41. The van der Waals surface area contributed by atoms with Gasteiger partial charge in [0.25, 0.3) is 5.91 Å². The first-order chi connectivity index (χ1) is 13.3. The molecule has 150 valence electrons. The van der Waals surface area contributed by atoms with E-state index in [1.54, 1.807) is 24.3 Å². The van der Waals surface area contributed by atoms with Crippen molar-refractivity contribution in [1.82, 2.24) is 4.90 Å². The first-order valence-corrected chi connectivity index (χ1v) is 9.82. The number of benzene rings is 1. The first kappa shape index (κ1) is 20.3. The predicted molar refractivity (Wildman–Crippen MR) is 102 cm³/mol. The number of esters is 1. The summed E-state index contributed by atoms with van der Waals surface area (Å²) in [6.07, 6.45) is 2.05. The van der Waals surface area contributed by atoms with Crippen LogP contribution in [0.3, 0.4) is 0 Å². The third-order valence-electron chi connectivity index (χ3n) is 5.40. The molecule has 0 unspecified atom stereocenters. The maximum absolute atomic E-state index is 12.6. The summed E-state index contributed by atoms with van der Waals surface area (Å²) < 4.78 is 5.21. The Morgan fingerprint density at radius 1 is 1.11 bits per heavy atom. The van der Waals surface area contributed by atoms with Crippen LogP contribution in [0.2, 0.25) is 5.02 Å². The van der Waals surface area contributed by atoms with E-state index in [1.165, 1.54) is 13.8 Å². The van der Waals surface area contributed by atoms with Crippen LogP contribution in [0, 0.1) is 11.8 Å². The van der Waals surface area contributed by atoms with E-state index in [2.05, 4.69) is 5.32 Å². The number of nitrogens with one attached hydrogen (secondary N) is 1. The molecular formula is C20H23ClN2O5. The Bertz CT molecular complexity index is 788. The van der Waals surface area contributed by atoms with Gasteiger partial charge in [0.1, 0.15) is 6.04 Å². The summed E-state index contributed by atoms with van der Waals surface area (Å²) in [6.45, 7) is 2.87. The van der Waals surface area contributed by atoms with Gasteiger partial charge in [0.2, 0.25) is 11.8 Å². The maximum atomic E-state index is 12.6. The van der Waals surface area contributed by atoms with Crippen molar-refractivity contribution >= 4 is 41.0 Å². The van der Waals surface area contributed by atoms with Crippen molar-refractivity contribution in [3.63, 3.8) is 0 Å². The van der Waals surface area contributed by atoms with Gasteiger partial charge in [-0.05, 0) is 38.8 Å². The molecular weight excluding hydrogens is 384 g/mol. The van der Waals surface area contributed by atoms with Gasteiger partial charge in [0, 0.05) is 0 Å². The summed E-state index contributed by atoms with van der Waals surface area (Å²) in [4.78, 5) is 51.0. The number of hydrogen-bond acceptors (Lipinski definition) is 5. The number of fused-ring (bicyclic) bond motifs is 1. The molecule has 0 aromatic heterocycles. The lowest BCUT2D eigenvalue weighted by Gasteiger charge is -2.23. The van der Waals surface area contributed by atoms with Gasteiger partial charge in [-0.2, -0.15) is 0 Å². The topological polar surface area (TPSA) is 92.8 Å². The largest absolute Gasteiger partial charge is 0.451 e. The van der Waals surface area contributed by atoms with E-state index in [9.17, 15) is 19.2 Å². The summed E-state index contributed by atoms with van der Waals surface area (Å²) in [6, 6.07) is 5.62. The predicted octanol–water partition coefficient (Wildman–Crippen LogP) is 2.77. The molecule has 0 spiro atoms. The van der Waals surface area contributed by atoms with Crippen LogP contribution in [0.15, 0.2) is 24.3 Å². The minimum Gasteiger partial charge on any atom is -0.451 e. The molecule has 3 amide bonds. The highest BCUT2D eigenvalue weighted by molar-refractivity contribution is 6.33. The van der Waals surface area contributed by atoms with Gasteiger partial charge in [0.05, 0.1) is 22.5 Å². The zero-order valence-electron chi connectivity index (χ0n) is 15.8. The summed E-state index contributed by atoms with van der Waals surface area (Å²) >= 11 is 6.00. The number of nitrogens with zero attached hydrogens (tertiary/aromatic N) is 1. The molecule has 3 rings (SSSR count). The number of halogens is 1. The Morgan fingerprint density at radius 2 is 1.68 bits per heavy atom. The fourth-order valence-corrected chi connectivity index (χ4v) is 3.98. The van der Waals surface area contributed by atoms with E-state index in [-0.39, 0.29) is 23.7 Å². The Kier molecular flexibility index (Phi) is 6.03. The molecule has 28 heavy (non-hydrogen) atoms. The molecule has 2 fully saturated rings. The molecule has 0 radical (unpaired) electrons. The molecule has 1 aromatic carbocycles. The van der Waals surface area contributed by atoms with Crippen molar-refractivity contribution in [2.75, 3.05) is 5.32 Å². The Morgan fingerprint density at radius 3 is 2.25 bits per heavy atom. The van der Waals surface area contributed by atoms with Crippen molar-refractivity contribution in [2.45, 2.75) is 51.7 Å². The van der Waals surface area contributed by atoms with Crippen LogP contribution in [0.1, 0.15) is 39.5 Å². The summed E-state index contributed by atoms with van der Waals surface area (Å²) in [5.74, 6) is -2.64. The van der Waals surface area contributed by atoms with Gasteiger partial charge in [-0.3, -0.25) is 19.3 Å². The lowest BCUT2D eigenvalue weighted by atomic mass is 9.81. The fourth-order valence-electron chi connectivity index (χ4n) is 3.80. The van der Waals surface area contributed by atoms with Gasteiger partial charge in [-0.15, -0.1) is 0 Å². The number of hydrogen-bond donors (Lipinski definition) is 1. The highest BCUT2D eigenvalue weighted by Crippen LogP contribution is 2.39. The minimum atomic E-state index is -1.11. The second-order valence-electron chi connectivity index (χ2n) is 7.27. The minimum absolute atomic E-state index is 0.313. The zero-order valence-corrected chi connectivity index (χ0v) is 16.6. The molecule has 1 aliphatic carbocycles. The molecule has 1 saturated carbocycles. The Labute approximate surface area is 168 Å². The SMILES string of the molecule is C[C@@H](OC(=O)[C@H](C)N1C(=O)[C@H]2CCCC[C@@H]2C1=O)C(=O)Nc1ccccc1Cl. The van der Waals surface area contributed by atoms with Gasteiger partial charge in [-0.25, -0.2) is 4.79 Å². The van der Waals surface area contributed by atoms with Gasteiger partial charge >= 0.3 is 5.97 Å². The van der Waals surface area contributed by atoms with Gasteiger partial charge in [0.15, 0.2) is 6.10 Å². The molecule has 7 nitrogen and oxygen atoms in total. The number of para-hydroxylation sites is 1. The second kappa shape index (κ2) is 8.31. The smallest absolute Gasteiger partial charge is 0.329 e. The van der Waals surface area contributed by atoms with E-state index in [4.69, 9.17) is 16.3 Å². The first-order valence-electron chi connectivity index (χ1n) is 9.44. The van der Waals surface area contributed by atoms with E-state index >= 15 is 0 Å². The van der Waals surface area contributed by atoms with E-state index < -0.39 is 24.0 Å². The third kappa shape index (κ3) is 3.90. The normalized spacial score (nSPS) is 23.8. The highest BCUT2D eigenvalue weighted by Gasteiger charge is 2.51. The number of ether oxygens (including phenoxy) is 1. The summed E-state index contributed by atoms with van der Waals surface area (Å²) in [5.41, 5.74) is 0.402. The number of amides is 3. The van der Waals surface area contributed by atoms with Crippen LogP contribution >= 0.6 is 11.6 Å². The highest BCUT2D eigenvalue weighted by atomic mass is 35.5. The quantitative estimate of drug-likeness (QED) is 0.599. The molecule has 4 atom stereocenters. The van der Waals surface area contributed by atoms with Crippen LogP contribution in [-0.4, -0.2) is 40.7 Å². The molecule has 0 bridgehead atoms. The van der Waals surface area contributed by atoms with E-state index in [0.717, 1.165) is 17.7 Å². The van der Waals surface area contributed by atoms with Crippen molar-refractivity contribution in [2.24, 2.45) is 11.8 Å². The summed E-state index contributed by atoms with van der Waals surface area (Å²) in [7, 11) is 0. The molecule has 1 heterocycles. The lowest BCUT2D eigenvalue weighted by Crippen LogP contribution is -2.46. The molecule has 1 aromatic rings. The number of anilines is 1. The standard InChI is InChI=1S/C20H23ClN2O5/c1-11(23-18(25)13-7-3-4-8-14(13)19(23)26)20(27)28-12(2)17(24)22-16-10-6-5-9-15(16)21/h5-6,9-14H,3-4,7-8H2,1-2H3,(H,22,24)/t11-,12+,13-,14-/m0/s1. The van der Waals surface area contributed by atoms with Crippen LogP contribution in [0.25, 0.3) is 0 Å². The molecule has 1 N–H and O–H groups in total. The van der Waals surface area contributed by atoms with Crippen LogP contribution in [-0.2, 0) is 23.9 Å². The number of carbonyl (C=O) groups excluding carboxylic acids is 4. The Balaban J connectivity index is 1.62. The van der Waals surface area contributed by atoms with Crippen LogP contribution in [0.4, 0.5) is 5.69 Å². The number of imide groups is 1. The zero-order chi connectivity index (χ0) is 20.4. The molecule has 1 saturated heterocycles. The van der Waals surface area contributed by atoms with Crippen molar-refractivity contribution in [3.8, 4) is 0 Å². The van der Waals surface area contributed by atoms with E-state index in [0.29, 0.717) is 23.6 Å². The molecule has 1 aliphatic heterocycles. The third-order valence-corrected chi connectivity index (χ3v) is 5.73. The summed E-state index contributed by atoms with van der Waals surface area (Å²) in [5, 5.41) is 2.95. The van der Waals surface area contributed by atoms with Crippen LogP contribution < -0.4 is 5.32 Å². The lowest BCUT2D eigenvalue weighted by molar-refractivity contribution is -0.163. The average molecular weight is 407 g/mol. The maximum Gasteiger partial charge on any atom is 0.329 e. The van der Waals surface area contributed by atoms with Crippen molar-refractivity contribution in [1.29, 1.82) is 0 Å². The fraction of sp³-hybridized carbons (Fsp3) is 0.500. The molecule has 2 aliphatic rings. The van der Waals surface area contributed by atoms with Crippen molar-refractivity contribution in [3.05, 3.63) is 29.3 Å².